The maximum atomic E-state index is 12.0. The number of pyridine rings is 1. The van der Waals surface area contributed by atoms with E-state index in [4.69, 9.17) is 17.4 Å². The number of rotatable bonds is 3. The van der Waals surface area contributed by atoms with Gasteiger partial charge in [0.05, 0.1) is 16.4 Å². The first kappa shape index (κ1) is 13.8. The van der Waals surface area contributed by atoms with Gasteiger partial charge in [0.15, 0.2) is 0 Å². The number of halogens is 2. The molecule has 4 N–H and O–H groups in total. The van der Waals surface area contributed by atoms with Crippen molar-refractivity contribution in [3.63, 3.8) is 0 Å². The fourth-order valence-electron chi connectivity index (χ4n) is 1.42. The van der Waals surface area contributed by atoms with Crippen LogP contribution in [0.15, 0.2) is 41.0 Å². The van der Waals surface area contributed by atoms with Gasteiger partial charge in [-0.25, -0.2) is 0 Å². The second-order valence-electron chi connectivity index (χ2n) is 3.65. The molecule has 2 aromatic rings. The van der Waals surface area contributed by atoms with Crippen molar-refractivity contribution < 1.29 is 4.79 Å². The van der Waals surface area contributed by atoms with Crippen LogP contribution in [0.3, 0.4) is 0 Å². The van der Waals surface area contributed by atoms with Gasteiger partial charge in [-0.1, -0.05) is 27.5 Å². The Hall–Kier alpha value is -1.63. The number of amides is 1. The molecule has 0 fully saturated rings. The molecule has 0 aliphatic carbocycles. The molecule has 98 valence electrons. The molecular weight excluding hydrogens is 332 g/mol. The van der Waals surface area contributed by atoms with Crippen LogP contribution >= 0.6 is 27.5 Å². The summed E-state index contributed by atoms with van der Waals surface area (Å²) in [6.07, 6.45) is 1.49. The molecule has 0 unspecified atom stereocenters. The third-order valence-electron chi connectivity index (χ3n) is 2.34. The Balaban J connectivity index is 2.22. The van der Waals surface area contributed by atoms with E-state index in [-0.39, 0.29) is 11.6 Å². The minimum atomic E-state index is -0.364. The zero-order chi connectivity index (χ0) is 13.8. The lowest BCUT2D eigenvalue weighted by Gasteiger charge is -2.08. The molecule has 5 nitrogen and oxygen atoms in total. The summed E-state index contributed by atoms with van der Waals surface area (Å²) in [7, 11) is 0. The summed E-state index contributed by atoms with van der Waals surface area (Å²) in [6, 6.07) is 8.39. The first-order chi connectivity index (χ1) is 9.10. The Bertz CT molecular complexity index is 620. The van der Waals surface area contributed by atoms with Crippen LogP contribution in [-0.2, 0) is 0 Å². The summed E-state index contributed by atoms with van der Waals surface area (Å²) >= 11 is 9.31. The van der Waals surface area contributed by atoms with Gasteiger partial charge in [0.2, 0.25) is 0 Å². The molecule has 1 amide bonds. The zero-order valence-electron chi connectivity index (χ0n) is 9.65. The van der Waals surface area contributed by atoms with Crippen LogP contribution in [0.4, 0.5) is 11.4 Å². The summed E-state index contributed by atoms with van der Waals surface area (Å²) in [6.45, 7) is 0. The summed E-state index contributed by atoms with van der Waals surface area (Å²) in [5.41, 5.74) is 3.80. The van der Waals surface area contributed by atoms with E-state index in [1.165, 1.54) is 6.20 Å². The van der Waals surface area contributed by atoms with Gasteiger partial charge in [0.1, 0.15) is 5.69 Å². The highest BCUT2D eigenvalue weighted by atomic mass is 79.9. The number of nitrogens with two attached hydrogens (primary N) is 1. The van der Waals surface area contributed by atoms with Crippen molar-refractivity contribution in [2.45, 2.75) is 0 Å². The highest BCUT2D eigenvalue weighted by molar-refractivity contribution is 9.10. The Morgan fingerprint density at radius 3 is 2.84 bits per heavy atom. The minimum absolute atomic E-state index is 0.242. The number of hydrogen-bond acceptors (Lipinski definition) is 4. The van der Waals surface area contributed by atoms with Crippen LogP contribution in [0.25, 0.3) is 0 Å². The smallest absolute Gasteiger partial charge is 0.274 e. The number of carbonyl (C=O) groups is 1. The summed E-state index contributed by atoms with van der Waals surface area (Å²) < 4.78 is 0.817. The molecule has 0 saturated heterocycles. The number of hydrogen-bond donors (Lipinski definition) is 3. The normalized spacial score (nSPS) is 10.1. The number of hydrazine groups is 1. The van der Waals surface area contributed by atoms with Crippen molar-refractivity contribution >= 4 is 44.8 Å². The molecule has 2 rings (SSSR count). The van der Waals surface area contributed by atoms with Gasteiger partial charge in [-0.3, -0.25) is 15.6 Å². The SMILES string of the molecule is NNc1ccnc(C(=O)Nc2cc(Br)ccc2Cl)c1. The molecule has 0 saturated carbocycles. The van der Waals surface area contributed by atoms with Gasteiger partial charge in [-0.15, -0.1) is 0 Å². The summed E-state index contributed by atoms with van der Waals surface area (Å²) in [5, 5.41) is 3.14. The van der Waals surface area contributed by atoms with Gasteiger partial charge in [-0.2, -0.15) is 0 Å². The van der Waals surface area contributed by atoms with Gasteiger partial charge < -0.3 is 10.7 Å². The topological polar surface area (TPSA) is 80.0 Å². The molecule has 1 heterocycles. The van der Waals surface area contributed by atoms with Crippen LogP contribution < -0.4 is 16.6 Å². The van der Waals surface area contributed by atoms with Gasteiger partial charge in [-0.05, 0) is 30.3 Å². The quantitative estimate of drug-likeness (QED) is 0.592. The largest absolute Gasteiger partial charge is 0.324 e. The standard InChI is InChI=1S/C12H10BrClN4O/c13-7-1-2-9(14)10(5-7)17-12(19)11-6-8(18-15)3-4-16-11/h1-6H,15H2,(H,16,18)(H,17,19). The number of carbonyl (C=O) groups excluding carboxylic acids is 1. The molecule has 0 atom stereocenters. The van der Waals surface area contributed by atoms with Gasteiger partial charge in [0, 0.05) is 10.7 Å². The van der Waals surface area contributed by atoms with Crippen molar-refractivity contribution in [1.82, 2.24) is 4.98 Å². The van der Waals surface area contributed by atoms with Crippen LogP contribution in [0, 0.1) is 0 Å². The van der Waals surface area contributed by atoms with Crippen LogP contribution in [0.5, 0.6) is 0 Å². The lowest BCUT2D eigenvalue weighted by Crippen LogP contribution is -2.15. The zero-order valence-corrected chi connectivity index (χ0v) is 12.0. The van der Waals surface area contributed by atoms with Crippen molar-refractivity contribution in [2.24, 2.45) is 5.84 Å². The van der Waals surface area contributed by atoms with Crippen molar-refractivity contribution in [1.29, 1.82) is 0 Å². The van der Waals surface area contributed by atoms with Gasteiger partial charge >= 0.3 is 0 Å². The fourth-order valence-corrected chi connectivity index (χ4v) is 1.95. The molecule has 19 heavy (non-hydrogen) atoms. The molecule has 0 aliphatic rings. The number of nitrogens with one attached hydrogen (secondary N) is 2. The van der Waals surface area contributed by atoms with E-state index in [9.17, 15) is 4.79 Å². The average molecular weight is 342 g/mol. The van der Waals surface area contributed by atoms with Crippen molar-refractivity contribution in [3.05, 3.63) is 51.7 Å². The maximum absolute atomic E-state index is 12.0. The Morgan fingerprint density at radius 1 is 1.32 bits per heavy atom. The Labute approximate surface area is 123 Å². The summed E-state index contributed by atoms with van der Waals surface area (Å²) in [5.74, 6) is 4.91. The molecule has 0 spiro atoms. The van der Waals surface area contributed by atoms with E-state index in [2.05, 4.69) is 31.7 Å². The number of benzene rings is 1. The summed E-state index contributed by atoms with van der Waals surface area (Å²) in [4.78, 5) is 16.0. The van der Waals surface area contributed by atoms with E-state index in [1.807, 2.05) is 0 Å². The maximum Gasteiger partial charge on any atom is 0.274 e. The molecule has 7 heteroatoms. The average Bonchev–Trinajstić information content (AvgIpc) is 2.43. The Kier molecular flexibility index (Phi) is 4.36. The van der Waals surface area contributed by atoms with E-state index in [0.29, 0.717) is 16.4 Å². The molecular formula is C12H10BrClN4O. The van der Waals surface area contributed by atoms with Crippen LogP contribution in [0.1, 0.15) is 10.5 Å². The number of nitrogen functional groups attached to an aromatic ring is 1. The molecule has 0 aliphatic heterocycles. The minimum Gasteiger partial charge on any atom is -0.324 e. The van der Waals surface area contributed by atoms with Crippen molar-refractivity contribution in [3.8, 4) is 0 Å². The molecule has 0 radical (unpaired) electrons. The fraction of sp³-hybridized carbons (Fsp3) is 0. The molecule has 1 aromatic heterocycles. The van der Waals surface area contributed by atoms with E-state index in [1.54, 1.807) is 30.3 Å². The van der Waals surface area contributed by atoms with Crippen molar-refractivity contribution in [2.75, 3.05) is 10.7 Å². The number of aromatic nitrogens is 1. The highest BCUT2D eigenvalue weighted by Gasteiger charge is 2.10. The predicted octanol–water partition coefficient (Wildman–Crippen LogP) is 3.04. The van der Waals surface area contributed by atoms with E-state index in [0.717, 1.165) is 4.47 Å². The third kappa shape index (κ3) is 3.44. The molecule has 0 bridgehead atoms. The van der Waals surface area contributed by atoms with Gasteiger partial charge in [0.25, 0.3) is 5.91 Å². The first-order valence-corrected chi connectivity index (χ1v) is 6.46. The molecule has 1 aromatic carbocycles. The third-order valence-corrected chi connectivity index (χ3v) is 3.16. The monoisotopic (exact) mass is 340 g/mol. The second kappa shape index (κ2) is 6.01. The van der Waals surface area contributed by atoms with E-state index < -0.39 is 0 Å². The van der Waals surface area contributed by atoms with Crippen LogP contribution in [0.2, 0.25) is 5.02 Å². The Morgan fingerprint density at radius 2 is 2.11 bits per heavy atom. The number of nitrogens with zero attached hydrogens (tertiary/aromatic N) is 1. The van der Waals surface area contributed by atoms with E-state index >= 15 is 0 Å². The first-order valence-electron chi connectivity index (χ1n) is 5.29. The van der Waals surface area contributed by atoms with Crippen LogP contribution in [-0.4, -0.2) is 10.9 Å². The lowest BCUT2D eigenvalue weighted by atomic mass is 10.2. The lowest BCUT2D eigenvalue weighted by molar-refractivity contribution is 0.102. The number of anilines is 2. The predicted molar refractivity (Wildman–Crippen MR) is 79.2 cm³/mol. The second-order valence-corrected chi connectivity index (χ2v) is 4.98. The highest BCUT2D eigenvalue weighted by Crippen LogP contribution is 2.26.